The van der Waals surface area contributed by atoms with Crippen LogP contribution in [0.25, 0.3) is 11.3 Å². The van der Waals surface area contributed by atoms with Crippen LogP contribution in [-0.2, 0) is 16.2 Å². The molecular formula is C25H37N5O7Si. The average molecular weight is 548 g/mol. The highest BCUT2D eigenvalue weighted by Crippen LogP contribution is 2.34. The smallest absolute Gasteiger partial charge is 0.409 e. The van der Waals surface area contributed by atoms with Crippen LogP contribution in [0.2, 0.25) is 25.7 Å². The van der Waals surface area contributed by atoms with Crippen LogP contribution in [0.4, 0.5) is 15.3 Å². The number of hydrogen-bond acceptors (Lipinski definition) is 8. The summed E-state index contributed by atoms with van der Waals surface area (Å²) in [6.07, 6.45) is 3.54. The van der Waals surface area contributed by atoms with Gasteiger partial charge in [-0.05, 0) is 31.0 Å². The summed E-state index contributed by atoms with van der Waals surface area (Å²) in [6.45, 7) is 13.5. The molecule has 0 aliphatic rings. The minimum absolute atomic E-state index is 0.0664. The Balaban J connectivity index is 2.46. The number of alkyl carbamates (subject to hydrolysis) is 1. The van der Waals surface area contributed by atoms with Gasteiger partial charge in [0.15, 0.2) is 0 Å². The molecule has 1 atom stereocenters. The second-order valence-electron chi connectivity index (χ2n) is 9.87. The zero-order chi connectivity index (χ0) is 28.3. The van der Waals surface area contributed by atoms with Gasteiger partial charge in [-0.2, -0.15) is 0 Å². The van der Waals surface area contributed by atoms with Crippen molar-refractivity contribution in [3.8, 4) is 17.0 Å². The SMILES string of the molecule is C=CCC(NC(=O)OCCCC)c1nc(-c2ccc(OC(N)=O)cc2[N+](=O)[O-])cn1COCC[Si](C)(C)C. The number of carbonyl (C=O) groups excluding carboxylic acids is 2. The first-order valence-electron chi connectivity index (χ1n) is 12.4. The van der Waals surface area contributed by atoms with E-state index in [1.54, 1.807) is 16.8 Å². The molecule has 0 saturated heterocycles. The van der Waals surface area contributed by atoms with Crippen LogP contribution in [0.3, 0.4) is 0 Å². The van der Waals surface area contributed by atoms with Gasteiger partial charge in [-0.1, -0.05) is 39.1 Å². The van der Waals surface area contributed by atoms with E-state index in [1.807, 2.05) is 6.92 Å². The van der Waals surface area contributed by atoms with Crippen LogP contribution in [0.1, 0.15) is 38.1 Å². The van der Waals surface area contributed by atoms with E-state index in [-0.39, 0.29) is 36.0 Å². The van der Waals surface area contributed by atoms with Gasteiger partial charge in [0.2, 0.25) is 0 Å². The van der Waals surface area contributed by atoms with Crippen molar-refractivity contribution in [2.24, 2.45) is 5.73 Å². The summed E-state index contributed by atoms with van der Waals surface area (Å²) in [5, 5.41) is 14.6. The molecule has 12 nitrogen and oxygen atoms in total. The van der Waals surface area contributed by atoms with Gasteiger partial charge in [0.05, 0.1) is 34.9 Å². The lowest BCUT2D eigenvalue weighted by molar-refractivity contribution is -0.384. The number of nitrogens with two attached hydrogens (primary N) is 1. The van der Waals surface area contributed by atoms with Gasteiger partial charge in [0.1, 0.15) is 18.3 Å². The molecule has 2 aromatic rings. The molecule has 1 aromatic heterocycles. The third-order valence-electron chi connectivity index (χ3n) is 5.43. The summed E-state index contributed by atoms with van der Waals surface area (Å²) in [4.78, 5) is 39.4. The summed E-state index contributed by atoms with van der Waals surface area (Å²) in [6, 6.07) is 4.25. The Kier molecular flexibility index (Phi) is 11.5. The molecule has 13 heteroatoms. The predicted molar refractivity (Wildman–Crippen MR) is 146 cm³/mol. The number of amides is 2. The number of hydrogen-bond donors (Lipinski definition) is 2. The quantitative estimate of drug-likeness (QED) is 0.0988. The van der Waals surface area contributed by atoms with Crippen molar-refractivity contribution >= 4 is 25.9 Å². The Bertz CT molecular complexity index is 1130. The Hall–Kier alpha value is -3.71. The molecule has 3 N–H and O–H groups in total. The summed E-state index contributed by atoms with van der Waals surface area (Å²) in [5.41, 5.74) is 5.18. The van der Waals surface area contributed by atoms with Gasteiger partial charge in [-0.15, -0.1) is 6.58 Å². The molecule has 2 amide bonds. The van der Waals surface area contributed by atoms with Gasteiger partial charge >= 0.3 is 12.2 Å². The summed E-state index contributed by atoms with van der Waals surface area (Å²) < 4.78 is 17.7. The first-order chi connectivity index (χ1) is 17.9. The molecule has 0 aliphatic heterocycles. The van der Waals surface area contributed by atoms with Gasteiger partial charge in [0.25, 0.3) is 5.69 Å². The van der Waals surface area contributed by atoms with Crippen LogP contribution in [-0.4, -0.2) is 47.9 Å². The number of benzene rings is 1. The average Bonchev–Trinajstić information content (AvgIpc) is 3.24. The summed E-state index contributed by atoms with van der Waals surface area (Å²) >= 11 is 0. The standard InChI is InChI=1S/C25H37N5O7Si/c1-6-8-12-36-25(32)28-20(9-7-2)23-27-21(16-29(23)17-35-13-14-38(3,4)5)19-11-10-18(37-24(26)31)15-22(19)30(33)34/h7,10-11,15-16,20H,2,6,8-9,12-14,17H2,1,3-5H3,(H2,26,31)(H,28,32). The van der Waals surface area contributed by atoms with Gasteiger partial charge in [0, 0.05) is 20.9 Å². The molecule has 1 heterocycles. The van der Waals surface area contributed by atoms with Crippen molar-refractivity contribution in [3.05, 3.63) is 53.0 Å². The minimum atomic E-state index is -1.32. The van der Waals surface area contributed by atoms with E-state index in [2.05, 4.69) is 36.5 Å². The first-order valence-corrected chi connectivity index (χ1v) is 16.1. The number of carbonyl (C=O) groups is 2. The number of unbranched alkanes of at least 4 members (excludes halogenated alkanes) is 1. The molecule has 0 spiro atoms. The van der Waals surface area contributed by atoms with Crippen molar-refractivity contribution in [2.45, 2.75) is 64.6 Å². The van der Waals surface area contributed by atoms with Crippen LogP contribution in [0.15, 0.2) is 37.1 Å². The van der Waals surface area contributed by atoms with Crippen LogP contribution >= 0.6 is 0 Å². The van der Waals surface area contributed by atoms with Crippen LogP contribution < -0.4 is 15.8 Å². The lowest BCUT2D eigenvalue weighted by atomic mass is 10.1. The highest BCUT2D eigenvalue weighted by Gasteiger charge is 2.25. The summed E-state index contributed by atoms with van der Waals surface area (Å²) in [5.74, 6) is 0.357. The van der Waals surface area contributed by atoms with Gasteiger partial charge in [-0.3, -0.25) is 10.1 Å². The van der Waals surface area contributed by atoms with Crippen molar-refractivity contribution in [1.82, 2.24) is 14.9 Å². The normalized spacial score (nSPS) is 12.0. The molecule has 0 aliphatic carbocycles. The number of nitro benzene ring substituents is 1. The summed E-state index contributed by atoms with van der Waals surface area (Å²) in [7, 11) is -1.32. The zero-order valence-corrected chi connectivity index (χ0v) is 23.4. The number of ether oxygens (including phenoxy) is 3. The molecular weight excluding hydrogens is 510 g/mol. The van der Waals surface area contributed by atoms with E-state index in [0.717, 1.165) is 25.0 Å². The van der Waals surface area contributed by atoms with E-state index in [4.69, 9.17) is 19.9 Å². The minimum Gasteiger partial charge on any atom is -0.450 e. The lowest BCUT2D eigenvalue weighted by Gasteiger charge is -2.19. The molecule has 0 fully saturated rings. The Labute approximate surface area is 223 Å². The number of nitrogens with one attached hydrogen (secondary N) is 1. The second-order valence-corrected chi connectivity index (χ2v) is 15.5. The molecule has 38 heavy (non-hydrogen) atoms. The maximum Gasteiger partial charge on any atom is 0.409 e. The number of imidazole rings is 1. The van der Waals surface area contributed by atoms with Crippen molar-refractivity contribution in [3.63, 3.8) is 0 Å². The molecule has 0 bridgehead atoms. The lowest BCUT2D eigenvalue weighted by Crippen LogP contribution is -2.31. The molecule has 2 rings (SSSR count). The number of aromatic nitrogens is 2. The van der Waals surface area contributed by atoms with Crippen molar-refractivity contribution in [2.75, 3.05) is 13.2 Å². The molecule has 1 aromatic carbocycles. The van der Waals surface area contributed by atoms with Crippen molar-refractivity contribution in [1.29, 1.82) is 0 Å². The van der Waals surface area contributed by atoms with E-state index < -0.39 is 31.2 Å². The highest BCUT2D eigenvalue weighted by atomic mass is 28.3. The zero-order valence-electron chi connectivity index (χ0n) is 22.4. The van der Waals surface area contributed by atoms with Crippen LogP contribution in [0, 0.1) is 10.1 Å². The Morgan fingerprint density at radius 2 is 2.05 bits per heavy atom. The largest absolute Gasteiger partial charge is 0.450 e. The topological polar surface area (TPSA) is 161 Å². The molecule has 0 saturated carbocycles. The number of nitrogens with zero attached hydrogens (tertiary/aromatic N) is 3. The highest BCUT2D eigenvalue weighted by molar-refractivity contribution is 6.76. The predicted octanol–water partition coefficient (Wildman–Crippen LogP) is 5.37. The van der Waals surface area contributed by atoms with E-state index >= 15 is 0 Å². The van der Waals surface area contributed by atoms with Gasteiger partial charge < -0.3 is 29.8 Å². The monoisotopic (exact) mass is 547 g/mol. The fraction of sp³-hybridized carbons (Fsp3) is 0.480. The second kappa shape index (κ2) is 14.3. The number of nitro groups is 1. The number of primary amides is 1. The van der Waals surface area contributed by atoms with Gasteiger partial charge in [-0.25, -0.2) is 14.6 Å². The third kappa shape index (κ3) is 9.63. The van der Waals surface area contributed by atoms with Crippen molar-refractivity contribution < 1.29 is 28.7 Å². The third-order valence-corrected chi connectivity index (χ3v) is 7.14. The Morgan fingerprint density at radius 3 is 2.66 bits per heavy atom. The Morgan fingerprint density at radius 1 is 1.32 bits per heavy atom. The van der Waals surface area contributed by atoms with E-state index in [0.29, 0.717) is 18.9 Å². The fourth-order valence-electron chi connectivity index (χ4n) is 3.43. The van der Waals surface area contributed by atoms with E-state index in [1.165, 1.54) is 12.1 Å². The maximum atomic E-state index is 12.4. The molecule has 208 valence electrons. The molecule has 1 unspecified atom stereocenters. The number of rotatable bonds is 15. The van der Waals surface area contributed by atoms with Crippen LogP contribution in [0.5, 0.6) is 5.75 Å². The first kappa shape index (κ1) is 30.5. The maximum absolute atomic E-state index is 12.4. The molecule has 0 radical (unpaired) electrons. The van der Waals surface area contributed by atoms with E-state index in [9.17, 15) is 19.7 Å². The fourth-order valence-corrected chi connectivity index (χ4v) is 4.19.